The van der Waals surface area contributed by atoms with Gasteiger partial charge in [-0.05, 0) is 48.0 Å². The van der Waals surface area contributed by atoms with Crippen LogP contribution in [0.4, 0.5) is 4.79 Å². The van der Waals surface area contributed by atoms with Gasteiger partial charge in [0.25, 0.3) is 0 Å². The third-order valence-corrected chi connectivity index (χ3v) is 4.10. The molecule has 0 aromatic carbocycles. The van der Waals surface area contributed by atoms with Crippen molar-refractivity contribution in [2.75, 3.05) is 13.1 Å². The summed E-state index contributed by atoms with van der Waals surface area (Å²) in [6, 6.07) is 0. The van der Waals surface area contributed by atoms with Gasteiger partial charge in [-0.25, -0.2) is 14.6 Å². The van der Waals surface area contributed by atoms with Crippen LogP contribution in [0.15, 0.2) is 18.3 Å². The number of esters is 1. The minimum Gasteiger partial charge on any atom is -0.481 e. The summed E-state index contributed by atoms with van der Waals surface area (Å²) in [6.07, 6.45) is 6.06. The van der Waals surface area contributed by atoms with Crippen molar-refractivity contribution >= 4 is 18.1 Å². The van der Waals surface area contributed by atoms with Gasteiger partial charge in [-0.15, -0.1) is 0 Å². The van der Waals surface area contributed by atoms with E-state index < -0.39 is 17.2 Å². The molecule has 0 aliphatic carbocycles. The molecule has 168 valence electrons. The van der Waals surface area contributed by atoms with Crippen LogP contribution in [0.2, 0.25) is 0 Å². The van der Waals surface area contributed by atoms with Gasteiger partial charge in [0.05, 0.1) is 18.6 Å². The minimum atomic E-state index is -0.653. The molecule has 30 heavy (non-hydrogen) atoms. The van der Waals surface area contributed by atoms with E-state index in [1.54, 1.807) is 38.1 Å². The van der Waals surface area contributed by atoms with Gasteiger partial charge in [-0.3, -0.25) is 0 Å². The number of amides is 1. The molecule has 2 rings (SSSR count). The van der Waals surface area contributed by atoms with Crippen LogP contribution in [-0.2, 0) is 25.5 Å². The normalized spacial score (nSPS) is 17.8. The third kappa shape index (κ3) is 7.72. The lowest BCUT2D eigenvalue weighted by Crippen LogP contribution is -2.36. The molecule has 1 fully saturated rings. The van der Waals surface area contributed by atoms with Crippen LogP contribution in [0.1, 0.15) is 67.0 Å². The highest BCUT2D eigenvalue weighted by Gasteiger charge is 2.33. The molecule has 1 atom stereocenters. The molecule has 1 amide bonds. The number of likely N-dealkylation sites (tertiary alicyclic amines) is 1. The highest BCUT2D eigenvalue weighted by atomic mass is 16.6. The van der Waals surface area contributed by atoms with E-state index in [0.29, 0.717) is 25.2 Å². The molecule has 2 heterocycles. The van der Waals surface area contributed by atoms with Gasteiger partial charge >= 0.3 is 12.1 Å². The summed E-state index contributed by atoms with van der Waals surface area (Å²) < 4.78 is 18.9. The van der Waals surface area contributed by atoms with Crippen LogP contribution in [0.25, 0.3) is 6.08 Å². The first-order valence-electron chi connectivity index (χ1n) is 10.5. The number of aryl methyl sites for hydroxylation is 1. The molecule has 0 bridgehead atoms. The van der Waals surface area contributed by atoms with E-state index in [1.165, 1.54) is 0 Å². The molecule has 0 N–H and O–H groups in total. The Kier molecular flexibility index (Phi) is 7.55. The molecule has 0 radical (unpaired) electrons. The maximum Gasteiger partial charge on any atom is 0.410 e. The zero-order valence-electron chi connectivity index (χ0n) is 19.2. The zero-order valence-corrected chi connectivity index (χ0v) is 19.2. The summed E-state index contributed by atoms with van der Waals surface area (Å²) >= 11 is 0. The number of ether oxygens (including phenoxy) is 3. The van der Waals surface area contributed by atoms with Crippen LogP contribution < -0.4 is 0 Å². The van der Waals surface area contributed by atoms with Crippen molar-refractivity contribution in [2.24, 2.45) is 0 Å². The Morgan fingerprint density at radius 2 is 1.83 bits per heavy atom. The number of imidazole rings is 1. The van der Waals surface area contributed by atoms with E-state index >= 15 is 0 Å². The summed E-state index contributed by atoms with van der Waals surface area (Å²) in [7, 11) is 0. The van der Waals surface area contributed by atoms with Crippen LogP contribution in [0.3, 0.4) is 0 Å². The minimum absolute atomic E-state index is 0.0858. The van der Waals surface area contributed by atoms with Gasteiger partial charge in [0.1, 0.15) is 17.3 Å². The zero-order chi connectivity index (χ0) is 22.5. The van der Waals surface area contributed by atoms with Gasteiger partial charge in [-0.2, -0.15) is 0 Å². The first-order chi connectivity index (χ1) is 13.9. The molecule has 1 aliphatic rings. The summed E-state index contributed by atoms with van der Waals surface area (Å²) in [5.41, 5.74) is -0.597. The highest BCUT2D eigenvalue weighted by Crippen LogP contribution is 2.22. The van der Waals surface area contributed by atoms with E-state index in [0.717, 1.165) is 13.0 Å². The Bertz CT molecular complexity index is 770. The number of aromatic nitrogens is 2. The predicted molar refractivity (Wildman–Crippen MR) is 114 cm³/mol. The Morgan fingerprint density at radius 3 is 2.43 bits per heavy atom. The van der Waals surface area contributed by atoms with Crippen molar-refractivity contribution in [1.29, 1.82) is 0 Å². The van der Waals surface area contributed by atoms with Gasteiger partial charge in [0.2, 0.25) is 5.76 Å². The first kappa shape index (κ1) is 23.8. The van der Waals surface area contributed by atoms with Crippen LogP contribution in [0.5, 0.6) is 0 Å². The topological polar surface area (TPSA) is 82.9 Å². The average molecular weight is 422 g/mol. The maximum absolute atomic E-state index is 12.7. The lowest BCUT2D eigenvalue weighted by molar-refractivity contribution is -0.154. The second-order valence-corrected chi connectivity index (χ2v) is 9.50. The van der Waals surface area contributed by atoms with Crippen molar-refractivity contribution in [3.63, 3.8) is 0 Å². The Morgan fingerprint density at radius 1 is 1.17 bits per heavy atom. The standard InChI is InChI=1S/C22H35N3O5/c1-8-10-24-13-16(23-15-24)12-18(19(26)29-21(2,3)4)28-17-9-11-25(14-17)20(27)30-22(5,6)7/h12-13,15,17H,8-11,14H2,1-7H3/b18-12-/t17-/m1/s1. The number of hydrogen-bond acceptors (Lipinski definition) is 6. The smallest absolute Gasteiger partial charge is 0.410 e. The lowest BCUT2D eigenvalue weighted by atomic mass is 10.2. The van der Waals surface area contributed by atoms with Crippen molar-refractivity contribution < 1.29 is 23.8 Å². The number of rotatable bonds is 6. The fourth-order valence-electron chi connectivity index (χ4n) is 2.93. The fraction of sp³-hybridized carbons (Fsp3) is 0.682. The fourth-order valence-corrected chi connectivity index (χ4v) is 2.93. The Balaban J connectivity index is 2.12. The number of carbonyl (C=O) groups excluding carboxylic acids is 2. The van der Waals surface area contributed by atoms with Gasteiger partial charge in [0, 0.05) is 31.8 Å². The summed E-state index contributed by atoms with van der Waals surface area (Å²) in [6.45, 7) is 14.7. The van der Waals surface area contributed by atoms with E-state index in [9.17, 15) is 9.59 Å². The summed E-state index contributed by atoms with van der Waals surface area (Å²) in [4.78, 5) is 31.0. The quantitative estimate of drug-likeness (QED) is 0.392. The highest BCUT2D eigenvalue weighted by molar-refractivity contribution is 5.91. The first-order valence-corrected chi connectivity index (χ1v) is 10.5. The third-order valence-electron chi connectivity index (χ3n) is 4.10. The summed E-state index contributed by atoms with van der Waals surface area (Å²) in [5, 5.41) is 0. The van der Waals surface area contributed by atoms with Crippen LogP contribution in [0, 0.1) is 0 Å². The van der Waals surface area contributed by atoms with Crippen molar-refractivity contribution in [3.05, 3.63) is 24.0 Å². The van der Waals surface area contributed by atoms with Gasteiger partial charge in [-0.1, -0.05) is 6.92 Å². The van der Waals surface area contributed by atoms with Crippen LogP contribution >= 0.6 is 0 Å². The molecular formula is C22H35N3O5. The molecule has 1 saturated heterocycles. The second kappa shape index (κ2) is 9.53. The van der Waals surface area contributed by atoms with Crippen molar-refractivity contribution in [2.45, 2.75) is 85.2 Å². The van der Waals surface area contributed by atoms with E-state index in [4.69, 9.17) is 14.2 Å². The molecule has 8 nitrogen and oxygen atoms in total. The average Bonchev–Trinajstić information content (AvgIpc) is 3.21. The molecule has 1 aromatic heterocycles. The number of nitrogens with zero attached hydrogens (tertiary/aromatic N) is 3. The molecule has 0 saturated carbocycles. The van der Waals surface area contributed by atoms with Crippen molar-refractivity contribution in [3.8, 4) is 0 Å². The molecule has 1 aromatic rings. The largest absolute Gasteiger partial charge is 0.481 e. The number of carbonyl (C=O) groups is 2. The molecular weight excluding hydrogens is 386 g/mol. The van der Waals surface area contributed by atoms with Crippen molar-refractivity contribution in [1.82, 2.24) is 14.5 Å². The Labute approximate surface area is 179 Å². The molecule has 0 spiro atoms. The Hall–Kier alpha value is -2.51. The SMILES string of the molecule is CCCn1cnc(/C=C(\O[C@@H]2CCN(C(=O)OC(C)(C)C)C2)C(=O)OC(C)(C)C)c1. The van der Waals surface area contributed by atoms with Crippen LogP contribution in [-0.4, -0.2) is 56.9 Å². The number of hydrogen-bond donors (Lipinski definition) is 0. The molecule has 0 unspecified atom stereocenters. The summed E-state index contributed by atoms with van der Waals surface area (Å²) in [5.74, 6) is -0.467. The monoisotopic (exact) mass is 421 g/mol. The maximum atomic E-state index is 12.7. The second-order valence-electron chi connectivity index (χ2n) is 9.50. The lowest BCUT2D eigenvalue weighted by Gasteiger charge is -2.25. The van der Waals surface area contributed by atoms with E-state index in [1.807, 2.05) is 31.5 Å². The predicted octanol–water partition coefficient (Wildman–Crippen LogP) is 4.00. The van der Waals surface area contributed by atoms with Gasteiger partial charge in [0.15, 0.2) is 0 Å². The van der Waals surface area contributed by atoms with E-state index in [-0.39, 0.29) is 18.0 Å². The molecule has 8 heteroatoms. The van der Waals surface area contributed by atoms with E-state index in [2.05, 4.69) is 11.9 Å². The molecule has 1 aliphatic heterocycles. The van der Waals surface area contributed by atoms with Gasteiger partial charge < -0.3 is 23.7 Å².